The average molecular weight is 242 g/mol. The first-order valence-corrected chi connectivity index (χ1v) is 6.30. The Bertz CT molecular complexity index is 260. The van der Waals surface area contributed by atoms with Gasteiger partial charge in [-0.25, -0.2) is 0 Å². The van der Waals surface area contributed by atoms with Crippen molar-refractivity contribution in [3.8, 4) is 0 Å². The zero-order valence-electron chi connectivity index (χ0n) is 11.5. The van der Waals surface area contributed by atoms with Gasteiger partial charge in [0.2, 0.25) is 0 Å². The minimum absolute atomic E-state index is 0.149. The number of hydrogen-bond acceptors (Lipinski definition) is 4. The lowest BCUT2D eigenvalue weighted by atomic mass is 9.82. The molecule has 0 radical (unpaired) electrons. The number of carbonyl (C=O) groups excluding carboxylic acids is 1. The summed E-state index contributed by atoms with van der Waals surface area (Å²) in [5.41, 5.74) is -0.580. The molecule has 0 aliphatic carbocycles. The molecule has 1 aliphatic heterocycles. The predicted octanol–water partition coefficient (Wildman–Crippen LogP) is 2.42. The van der Waals surface area contributed by atoms with Gasteiger partial charge in [-0.15, -0.1) is 0 Å². The molecule has 17 heavy (non-hydrogen) atoms. The van der Waals surface area contributed by atoms with E-state index in [2.05, 4.69) is 0 Å². The van der Waals surface area contributed by atoms with Crippen molar-refractivity contribution in [3.63, 3.8) is 0 Å². The minimum atomic E-state index is -0.290. The van der Waals surface area contributed by atoms with Crippen LogP contribution in [0.2, 0.25) is 6.32 Å². The molecule has 1 aliphatic rings. The Labute approximate surface area is 104 Å². The largest absolute Gasteiger partial charge is 0.466 e. The summed E-state index contributed by atoms with van der Waals surface area (Å²) in [6, 6.07) is 0. The van der Waals surface area contributed by atoms with E-state index in [0.29, 0.717) is 13.0 Å². The topological polar surface area (TPSA) is 44.8 Å². The molecule has 4 nitrogen and oxygen atoms in total. The first-order valence-electron chi connectivity index (χ1n) is 6.30. The van der Waals surface area contributed by atoms with Gasteiger partial charge < -0.3 is 14.0 Å². The van der Waals surface area contributed by atoms with Crippen molar-refractivity contribution >= 4 is 13.1 Å². The molecule has 0 bridgehead atoms. The van der Waals surface area contributed by atoms with Gasteiger partial charge in [-0.3, -0.25) is 4.79 Å². The highest BCUT2D eigenvalue weighted by atomic mass is 16.7. The second-order valence-corrected chi connectivity index (χ2v) is 5.38. The molecule has 0 unspecified atom stereocenters. The highest BCUT2D eigenvalue weighted by molar-refractivity contribution is 6.45. The van der Waals surface area contributed by atoms with Crippen molar-refractivity contribution in [2.75, 3.05) is 6.61 Å². The molecule has 98 valence electrons. The molecular weight excluding hydrogens is 219 g/mol. The van der Waals surface area contributed by atoms with Gasteiger partial charge in [0.25, 0.3) is 0 Å². The van der Waals surface area contributed by atoms with Gasteiger partial charge in [-0.05, 0) is 47.4 Å². The average Bonchev–Trinajstić information content (AvgIpc) is 2.35. The Morgan fingerprint density at radius 1 is 1.18 bits per heavy atom. The Hall–Kier alpha value is -0.545. The lowest BCUT2D eigenvalue weighted by molar-refractivity contribution is -0.143. The SMILES string of the molecule is CCOC(=O)CCCB1OC(C)(C)C(C)(C)O1. The molecule has 0 aromatic carbocycles. The van der Waals surface area contributed by atoms with Crippen LogP contribution in [0.5, 0.6) is 0 Å². The smallest absolute Gasteiger partial charge is 0.457 e. The van der Waals surface area contributed by atoms with Crippen LogP contribution in [-0.2, 0) is 18.8 Å². The zero-order chi connectivity index (χ0) is 13.1. The van der Waals surface area contributed by atoms with Gasteiger partial charge in [0.15, 0.2) is 0 Å². The minimum Gasteiger partial charge on any atom is -0.466 e. The van der Waals surface area contributed by atoms with E-state index in [1.807, 2.05) is 34.6 Å². The Morgan fingerprint density at radius 2 is 1.71 bits per heavy atom. The van der Waals surface area contributed by atoms with Crippen LogP contribution < -0.4 is 0 Å². The number of hydrogen-bond donors (Lipinski definition) is 0. The molecule has 1 fully saturated rings. The molecule has 0 spiro atoms. The molecule has 0 N–H and O–H groups in total. The van der Waals surface area contributed by atoms with E-state index in [4.69, 9.17) is 14.0 Å². The second kappa shape index (κ2) is 5.40. The van der Waals surface area contributed by atoms with Crippen LogP contribution in [0.1, 0.15) is 47.5 Å². The van der Waals surface area contributed by atoms with Crippen molar-refractivity contribution in [2.24, 2.45) is 0 Å². The second-order valence-electron chi connectivity index (χ2n) is 5.38. The number of rotatable bonds is 5. The van der Waals surface area contributed by atoms with E-state index in [1.54, 1.807) is 0 Å². The molecule has 0 aromatic rings. The molecular formula is C12H23BO4. The number of esters is 1. The van der Waals surface area contributed by atoms with Crippen LogP contribution >= 0.6 is 0 Å². The Kier molecular flexibility index (Phi) is 4.61. The molecule has 0 amide bonds. The molecule has 1 saturated heterocycles. The lowest BCUT2D eigenvalue weighted by Gasteiger charge is -2.32. The van der Waals surface area contributed by atoms with Crippen molar-refractivity contribution < 1.29 is 18.8 Å². The zero-order valence-corrected chi connectivity index (χ0v) is 11.5. The molecule has 0 atom stereocenters. The summed E-state index contributed by atoms with van der Waals surface area (Å²) < 4.78 is 16.5. The van der Waals surface area contributed by atoms with Crippen LogP contribution in [0.25, 0.3) is 0 Å². The van der Waals surface area contributed by atoms with Crippen LogP contribution in [-0.4, -0.2) is 30.9 Å². The van der Waals surface area contributed by atoms with E-state index in [9.17, 15) is 4.79 Å². The first kappa shape index (κ1) is 14.5. The van der Waals surface area contributed by atoms with Gasteiger partial charge in [0.1, 0.15) is 0 Å². The first-order chi connectivity index (χ1) is 7.78. The molecule has 0 aromatic heterocycles. The van der Waals surface area contributed by atoms with Crippen LogP contribution in [0.4, 0.5) is 0 Å². The van der Waals surface area contributed by atoms with Gasteiger partial charge in [-0.2, -0.15) is 0 Å². The van der Waals surface area contributed by atoms with Gasteiger partial charge in [0.05, 0.1) is 17.8 Å². The third-order valence-corrected chi connectivity index (χ3v) is 3.43. The molecule has 1 heterocycles. The maximum Gasteiger partial charge on any atom is 0.457 e. The van der Waals surface area contributed by atoms with E-state index in [-0.39, 0.29) is 24.3 Å². The fraction of sp³-hybridized carbons (Fsp3) is 0.917. The summed E-state index contributed by atoms with van der Waals surface area (Å²) in [7, 11) is -0.213. The van der Waals surface area contributed by atoms with Crippen molar-refractivity contribution in [1.82, 2.24) is 0 Å². The van der Waals surface area contributed by atoms with Crippen molar-refractivity contribution in [2.45, 2.75) is 65.0 Å². The van der Waals surface area contributed by atoms with Crippen LogP contribution in [0.3, 0.4) is 0 Å². The number of carbonyl (C=O) groups is 1. The van der Waals surface area contributed by atoms with E-state index >= 15 is 0 Å². The van der Waals surface area contributed by atoms with Gasteiger partial charge >= 0.3 is 13.1 Å². The Morgan fingerprint density at radius 3 is 2.18 bits per heavy atom. The van der Waals surface area contributed by atoms with Crippen molar-refractivity contribution in [1.29, 1.82) is 0 Å². The third kappa shape index (κ3) is 3.71. The Balaban J connectivity index is 2.29. The van der Waals surface area contributed by atoms with Gasteiger partial charge in [0, 0.05) is 6.42 Å². The number of ether oxygens (including phenoxy) is 1. The highest BCUT2D eigenvalue weighted by Crippen LogP contribution is 2.38. The lowest BCUT2D eigenvalue weighted by Crippen LogP contribution is -2.41. The monoisotopic (exact) mass is 242 g/mol. The summed E-state index contributed by atoms with van der Waals surface area (Å²) in [5.74, 6) is -0.149. The van der Waals surface area contributed by atoms with E-state index in [0.717, 1.165) is 12.7 Å². The third-order valence-electron chi connectivity index (χ3n) is 3.43. The van der Waals surface area contributed by atoms with Crippen LogP contribution in [0, 0.1) is 0 Å². The summed E-state index contributed by atoms with van der Waals surface area (Å²) in [5, 5.41) is 0. The summed E-state index contributed by atoms with van der Waals surface area (Å²) in [6.45, 7) is 10.4. The fourth-order valence-electron chi connectivity index (χ4n) is 1.73. The fourth-order valence-corrected chi connectivity index (χ4v) is 1.73. The molecule has 5 heteroatoms. The maximum absolute atomic E-state index is 11.2. The van der Waals surface area contributed by atoms with E-state index in [1.165, 1.54) is 0 Å². The van der Waals surface area contributed by atoms with Crippen molar-refractivity contribution in [3.05, 3.63) is 0 Å². The summed E-state index contributed by atoms with van der Waals surface area (Å²) >= 11 is 0. The molecule has 1 rings (SSSR count). The maximum atomic E-state index is 11.2. The van der Waals surface area contributed by atoms with E-state index < -0.39 is 0 Å². The summed E-state index contributed by atoms with van der Waals surface area (Å²) in [4.78, 5) is 11.2. The highest BCUT2D eigenvalue weighted by Gasteiger charge is 2.50. The van der Waals surface area contributed by atoms with Gasteiger partial charge in [-0.1, -0.05) is 0 Å². The standard InChI is InChI=1S/C12H23BO4/c1-6-15-10(14)8-7-9-13-16-11(2,3)12(4,5)17-13/h6-9H2,1-5H3. The summed E-state index contributed by atoms with van der Waals surface area (Å²) in [6.07, 6.45) is 1.89. The predicted molar refractivity (Wildman–Crippen MR) is 66.8 cm³/mol. The van der Waals surface area contributed by atoms with Crippen LogP contribution in [0.15, 0.2) is 0 Å². The normalized spacial score (nSPS) is 21.6. The quantitative estimate of drug-likeness (QED) is 0.548. The molecule has 0 saturated carbocycles.